The minimum atomic E-state index is -2.65. The maximum absolute atomic E-state index is 13.0. The van der Waals surface area contributed by atoms with Crippen molar-refractivity contribution in [1.29, 1.82) is 0 Å². The van der Waals surface area contributed by atoms with E-state index in [2.05, 4.69) is 4.98 Å². The fraction of sp³-hybridized carbons (Fsp3) is 0.556. The van der Waals surface area contributed by atoms with Gasteiger partial charge in [0.05, 0.1) is 6.54 Å². The van der Waals surface area contributed by atoms with Crippen molar-refractivity contribution in [2.45, 2.75) is 12.3 Å². The van der Waals surface area contributed by atoms with E-state index in [1.165, 1.54) is 22.7 Å². The van der Waals surface area contributed by atoms with Gasteiger partial charge in [0.15, 0.2) is 0 Å². The Kier molecular flexibility index (Phi) is 2.21. The van der Waals surface area contributed by atoms with Crippen LogP contribution in [-0.2, 0) is 7.05 Å². The lowest BCUT2D eigenvalue weighted by Gasteiger charge is -2.20. The number of anilines is 1. The number of rotatable bonds is 1. The van der Waals surface area contributed by atoms with E-state index in [-0.39, 0.29) is 19.5 Å². The zero-order valence-electron chi connectivity index (χ0n) is 8.28. The summed E-state index contributed by atoms with van der Waals surface area (Å²) in [4.78, 5) is 16.2. The van der Waals surface area contributed by atoms with Gasteiger partial charge in [-0.2, -0.15) is 0 Å². The monoisotopic (exact) mass is 215 g/mol. The van der Waals surface area contributed by atoms with Gasteiger partial charge in [-0.15, -0.1) is 0 Å². The minimum Gasteiger partial charge on any atom is -0.352 e. The smallest absolute Gasteiger partial charge is 0.348 e. The van der Waals surface area contributed by atoms with Crippen LogP contribution in [0.1, 0.15) is 6.42 Å². The standard InChI is InChI=1S/C9H11F2N3O/c1-13-7(2-4-12-8(13)15)14-5-3-9(10,11)6-14/h2,4H,3,5-6H2,1H3. The Morgan fingerprint density at radius 3 is 2.87 bits per heavy atom. The zero-order valence-corrected chi connectivity index (χ0v) is 8.28. The largest absolute Gasteiger partial charge is 0.352 e. The topological polar surface area (TPSA) is 38.1 Å². The fourth-order valence-corrected chi connectivity index (χ4v) is 1.71. The van der Waals surface area contributed by atoms with Crippen molar-refractivity contribution >= 4 is 5.82 Å². The maximum atomic E-state index is 13.0. The highest BCUT2D eigenvalue weighted by Crippen LogP contribution is 2.29. The molecule has 0 atom stereocenters. The lowest BCUT2D eigenvalue weighted by atomic mass is 10.3. The number of halogens is 2. The van der Waals surface area contributed by atoms with Crippen LogP contribution in [0.4, 0.5) is 14.6 Å². The lowest BCUT2D eigenvalue weighted by molar-refractivity contribution is 0.0256. The average molecular weight is 215 g/mol. The molecule has 0 amide bonds. The van der Waals surface area contributed by atoms with Gasteiger partial charge in [0, 0.05) is 26.2 Å². The Morgan fingerprint density at radius 2 is 2.27 bits per heavy atom. The summed E-state index contributed by atoms with van der Waals surface area (Å²) in [6.45, 7) is -0.0609. The highest BCUT2D eigenvalue weighted by Gasteiger charge is 2.38. The Bertz CT molecular complexity index is 430. The van der Waals surface area contributed by atoms with Gasteiger partial charge in [-0.25, -0.2) is 18.6 Å². The van der Waals surface area contributed by atoms with Crippen molar-refractivity contribution < 1.29 is 8.78 Å². The summed E-state index contributed by atoms with van der Waals surface area (Å²) >= 11 is 0. The average Bonchev–Trinajstić information content (AvgIpc) is 2.51. The molecule has 6 heteroatoms. The second-order valence-corrected chi connectivity index (χ2v) is 3.67. The van der Waals surface area contributed by atoms with Crippen LogP contribution in [0.3, 0.4) is 0 Å². The number of hydrogen-bond donors (Lipinski definition) is 0. The minimum absolute atomic E-state index is 0.163. The van der Waals surface area contributed by atoms with Crippen LogP contribution in [0.25, 0.3) is 0 Å². The van der Waals surface area contributed by atoms with Gasteiger partial charge in [0.2, 0.25) is 0 Å². The number of nitrogens with zero attached hydrogens (tertiary/aromatic N) is 3. The lowest BCUT2D eigenvalue weighted by Crippen LogP contribution is -2.31. The van der Waals surface area contributed by atoms with Crippen molar-refractivity contribution in [1.82, 2.24) is 9.55 Å². The third kappa shape index (κ3) is 1.84. The molecule has 1 aliphatic rings. The van der Waals surface area contributed by atoms with E-state index in [4.69, 9.17) is 0 Å². The van der Waals surface area contributed by atoms with Crippen LogP contribution in [0.5, 0.6) is 0 Å². The Balaban J connectivity index is 2.32. The van der Waals surface area contributed by atoms with E-state index < -0.39 is 11.6 Å². The molecule has 82 valence electrons. The van der Waals surface area contributed by atoms with Gasteiger partial charge in [-0.1, -0.05) is 0 Å². The molecule has 0 bridgehead atoms. The van der Waals surface area contributed by atoms with Crippen molar-refractivity contribution in [2.75, 3.05) is 18.0 Å². The first kappa shape index (κ1) is 10.1. The number of hydrogen-bond acceptors (Lipinski definition) is 3. The van der Waals surface area contributed by atoms with Crippen LogP contribution in [-0.4, -0.2) is 28.6 Å². The summed E-state index contributed by atoms with van der Waals surface area (Å²) in [6.07, 6.45) is 1.18. The molecule has 4 nitrogen and oxygen atoms in total. The predicted molar refractivity (Wildman–Crippen MR) is 51.3 cm³/mol. The van der Waals surface area contributed by atoms with Gasteiger partial charge in [-0.3, -0.25) is 4.57 Å². The van der Waals surface area contributed by atoms with Gasteiger partial charge < -0.3 is 4.90 Å². The third-order valence-electron chi connectivity index (χ3n) is 2.53. The van der Waals surface area contributed by atoms with Gasteiger partial charge in [-0.05, 0) is 6.07 Å². The molecular weight excluding hydrogens is 204 g/mol. The molecule has 0 unspecified atom stereocenters. The molecular formula is C9H11F2N3O. The molecule has 0 aliphatic carbocycles. The molecule has 1 fully saturated rings. The second kappa shape index (κ2) is 3.29. The summed E-state index contributed by atoms with van der Waals surface area (Å²) in [5, 5.41) is 0. The highest BCUT2D eigenvalue weighted by molar-refractivity contribution is 5.40. The summed E-state index contributed by atoms with van der Waals surface area (Å²) in [5.74, 6) is -2.16. The van der Waals surface area contributed by atoms with E-state index in [1.807, 2.05) is 0 Å². The summed E-state index contributed by atoms with van der Waals surface area (Å²) in [6, 6.07) is 1.57. The Hall–Kier alpha value is -1.46. The summed E-state index contributed by atoms with van der Waals surface area (Å²) in [7, 11) is 1.53. The van der Waals surface area contributed by atoms with E-state index in [1.54, 1.807) is 6.07 Å². The van der Waals surface area contributed by atoms with Crippen LogP contribution in [0.15, 0.2) is 17.1 Å². The van der Waals surface area contributed by atoms with Crippen LogP contribution < -0.4 is 10.6 Å². The molecule has 15 heavy (non-hydrogen) atoms. The molecule has 1 aromatic heterocycles. The second-order valence-electron chi connectivity index (χ2n) is 3.67. The molecule has 0 radical (unpaired) electrons. The molecule has 1 aromatic rings. The van der Waals surface area contributed by atoms with Crippen LogP contribution >= 0.6 is 0 Å². The number of alkyl halides is 2. The molecule has 0 saturated carbocycles. The first-order chi connectivity index (χ1) is 6.99. The van der Waals surface area contributed by atoms with Crippen molar-refractivity contribution in [2.24, 2.45) is 7.05 Å². The van der Waals surface area contributed by atoms with Crippen molar-refractivity contribution in [3.8, 4) is 0 Å². The molecule has 0 spiro atoms. The van der Waals surface area contributed by atoms with E-state index in [0.29, 0.717) is 5.82 Å². The summed E-state index contributed by atoms with van der Waals surface area (Å²) < 4.78 is 27.2. The molecule has 0 aromatic carbocycles. The zero-order chi connectivity index (χ0) is 11.1. The van der Waals surface area contributed by atoms with E-state index in [9.17, 15) is 13.6 Å². The van der Waals surface area contributed by atoms with Gasteiger partial charge in [0.25, 0.3) is 5.92 Å². The Labute approximate surface area is 85.2 Å². The third-order valence-corrected chi connectivity index (χ3v) is 2.53. The normalized spacial score (nSPS) is 19.5. The Morgan fingerprint density at radius 1 is 1.53 bits per heavy atom. The van der Waals surface area contributed by atoms with Crippen molar-refractivity contribution in [3.05, 3.63) is 22.7 Å². The molecule has 1 saturated heterocycles. The molecule has 2 rings (SSSR count). The molecule has 0 N–H and O–H groups in total. The molecule has 2 heterocycles. The SMILES string of the molecule is Cn1c(N2CCC(F)(F)C2)ccnc1=O. The number of aromatic nitrogens is 2. The quantitative estimate of drug-likeness (QED) is 0.689. The van der Waals surface area contributed by atoms with E-state index in [0.717, 1.165) is 0 Å². The molecule has 1 aliphatic heterocycles. The van der Waals surface area contributed by atoms with Crippen molar-refractivity contribution in [3.63, 3.8) is 0 Å². The van der Waals surface area contributed by atoms with Crippen LogP contribution in [0.2, 0.25) is 0 Å². The van der Waals surface area contributed by atoms with Crippen LogP contribution in [0, 0.1) is 0 Å². The first-order valence-electron chi connectivity index (χ1n) is 4.64. The highest BCUT2D eigenvalue weighted by atomic mass is 19.3. The van der Waals surface area contributed by atoms with Gasteiger partial charge >= 0.3 is 5.69 Å². The first-order valence-corrected chi connectivity index (χ1v) is 4.64. The predicted octanol–water partition coefficient (Wildman–Crippen LogP) is 0.626. The maximum Gasteiger partial charge on any atom is 0.348 e. The fourth-order valence-electron chi connectivity index (χ4n) is 1.71. The van der Waals surface area contributed by atoms with E-state index >= 15 is 0 Å². The van der Waals surface area contributed by atoms with Gasteiger partial charge in [0.1, 0.15) is 5.82 Å². The summed E-state index contributed by atoms with van der Waals surface area (Å²) in [5.41, 5.74) is -0.428.